The molecule has 0 radical (unpaired) electrons. The molecule has 1 aliphatic rings. The summed E-state index contributed by atoms with van der Waals surface area (Å²) in [5.74, 6) is -0.0434. The lowest BCUT2D eigenvalue weighted by Gasteiger charge is -2.38. The number of benzene rings is 2. The minimum Gasteiger partial charge on any atom is -0.494 e. The average molecular weight is 464 g/mol. The van der Waals surface area contributed by atoms with E-state index in [1.807, 2.05) is 53.1 Å². The molecule has 0 fully saturated rings. The topological polar surface area (TPSA) is 73.7 Å². The normalized spacial score (nSPS) is 17.8. The minimum atomic E-state index is -1.00. The van der Waals surface area contributed by atoms with Gasteiger partial charge in [-0.05, 0) is 55.5 Å². The number of esters is 1. The van der Waals surface area contributed by atoms with Crippen LogP contribution in [0, 0.1) is 11.8 Å². The van der Waals surface area contributed by atoms with Crippen molar-refractivity contribution in [1.29, 1.82) is 0 Å². The molecule has 1 amide bonds. The third kappa shape index (κ3) is 4.52. The van der Waals surface area contributed by atoms with Crippen LogP contribution in [0.15, 0.2) is 48.5 Å². The van der Waals surface area contributed by atoms with Gasteiger partial charge in [-0.25, -0.2) is 4.98 Å². The number of imidazole rings is 1. The van der Waals surface area contributed by atoms with E-state index < -0.39 is 17.9 Å². The molecule has 0 aliphatic carbocycles. The molecule has 0 saturated carbocycles. The molecule has 0 N–H and O–H groups in total. The van der Waals surface area contributed by atoms with Crippen LogP contribution in [0.1, 0.15) is 52.1 Å². The summed E-state index contributed by atoms with van der Waals surface area (Å²) in [5, 5.41) is 0. The maximum Gasteiger partial charge on any atom is 0.321 e. The molecule has 0 saturated heterocycles. The van der Waals surface area contributed by atoms with Gasteiger partial charge in [-0.3, -0.25) is 14.5 Å². The highest BCUT2D eigenvalue weighted by atomic mass is 16.5. The highest BCUT2D eigenvalue weighted by Gasteiger charge is 2.47. The molecule has 2 atom stereocenters. The van der Waals surface area contributed by atoms with Crippen molar-refractivity contribution < 1.29 is 19.1 Å². The molecule has 7 nitrogen and oxygen atoms in total. The van der Waals surface area contributed by atoms with E-state index in [0.717, 1.165) is 35.2 Å². The zero-order valence-electron chi connectivity index (χ0n) is 20.4. The number of nitrogens with zero attached hydrogens (tertiary/aromatic N) is 3. The number of hydrogen-bond donors (Lipinski definition) is 0. The Labute approximate surface area is 200 Å². The number of carbonyl (C=O) groups excluding carboxylic acids is 2. The lowest BCUT2D eigenvalue weighted by atomic mass is 9.89. The molecule has 1 aliphatic heterocycles. The van der Waals surface area contributed by atoms with E-state index >= 15 is 0 Å². The van der Waals surface area contributed by atoms with Gasteiger partial charge < -0.3 is 14.0 Å². The summed E-state index contributed by atoms with van der Waals surface area (Å²) in [6, 6.07) is 14.9. The van der Waals surface area contributed by atoms with Gasteiger partial charge in [0.15, 0.2) is 5.92 Å². The van der Waals surface area contributed by atoms with Crippen LogP contribution in [0.2, 0.25) is 0 Å². The molecule has 2 heterocycles. The van der Waals surface area contributed by atoms with Gasteiger partial charge in [-0.2, -0.15) is 0 Å². The maximum atomic E-state index is 13.8. The van der Waals surface area contributed by atoms with Crippen LogP contribution >= 0.6 is 0 Å². The third-order valence-electron chi connectivity index (χ3n) is 6.11. The molecule has 2 aromatic carbocycles. The number of carbonyl (C=O) groups is 2. The first-order valence-corrected chi connectivity index (χ1v) is 12.1. The second-order valence-electron chi connectivity index (χ2n) is 9.03. The van der Waals surface area contributed by atoms with Crippen molar-refractivity contribution in [2.75, 3.05) is 24.7 Å². The van der Waals surface area contributed by atoms with Gasteiger partial charge in [0.1, 0.15) is 5.75 Å². The number of fused-ring (bicyclic) bond motifs is 3. The Morgan fingerprint density at radius 2 is 1.82 bits per heavy atom. The summed E-state index contributed by atoms with van der Waals surface area (Å²) in [7, 11) is 0. The van der Waals surface area contributed by atoms with E-state index in [2.05, 4.69) is 20.8 Å². The van der Waals surface area contributed by atoms with E-state index in [4.69, 9.17) is 14.5 Å². The van der Waals surface area contributed by atoms with Crippen LogP contribution in [-0.4, -0.2) is 41.2 Å². The van der Waals surface area contributed by atoms with E-state index in [1.54, 1.807) is 11.8 Å². The molecule has 0 bridgehead atoms. The molecule has 0 spiro atoms. The lowest BCUT2D eigenvalue weighted by molar-refractivity contribution is -0.153. The third-order valence-corrected chi connectivity index (χ3v) is 6.11. The fourth-order valence-corrected chi connectivity index (χ4v) is 4.43. The highest BCUT2D eigenvalue weighted by Crippen LogP contribution is 2.41. The molecule has 4 rings (SSSR count). The van der Waals surface area contributed by atoms with E-state index in [0.29, 0.717) is 25.0 Å². The summed E-state index contributed by atoms with van der Waals surface area (Å²) in [5.41, 5.74) is 2.51. The van der Waals surface area contributed by atoms with Crippen LogP contribution < -0.4 is 9.64 Å². The largest absolute Gasteiger partial charge is 0.494 e. The molecule has 180 valence electrons. The van der Waals surface area contributed by atoms with Crippen molar-refractivity contribution in [2.24, 2.45) is 11.8 Å². The summed E-state index contributed by atoms with van der Waals surface area (Å²) >= 11 is 0. The van der Waals surface area contributed by atoms with Crippen LogP contribution in [0.4, 0.5) is 5.95 Å². The summed E-state index contributed by atoms with van der Waals surface area (Å²) in [6.45, 7) is 9.39. The number of anilines is 1. The molecule has 34 heavy (non-hydrogen) atoms. The number of aromatic nitrogens is 2. The van der Waals surface area contributed by atoms with Crippen LogP contribution in [0.5, 0.6) is 5.75 Å². The Morgan fingerprint density at radius 3 is 2.50 bits per heavy atom. The second kappa shape index (κ2) is 10.3. The Kier molecular flexibility index (Phi) is 7.20. The Balaban J connectivity index is 1.88. The molecule has 7 heteroatoms. The summed E-state index contributed by atoms with van der Waals surface area (Å²) < 4.78 is 13.2. The Hall–Kier alpha value is -3.35. The molecule has 0 unspecified atom stereocenters. The number of ether oxygens (including phenoxy) is 2. The smallest absolute Gasteiger partial charge is 0.321 e. The Bertz CT molecular complexity index is 1150. The van der Waals surface area contributed by atoms with Gasteiger partial charge in [0, 0.05) is 6.54 Å². The monoisotopic (exact) mass is 463 g/mol. The van der Waals surface area contributed by atoms with Crippen molar-refractivity contribution in [3.05, 3.63) is 54.1 Å². The minimum absolute atomic E-state index is 0.211. The Morgan fingerprint density at radius 1 is 1.09 bits per heavy atom. The number of hydrogen-bond acceptors (Lipinski definition) is 5. The number of rotatable bonds is 9. The fourth-order valence-electron chi connectivity index (χ4n) is 4.43. The van der Waals surface area contributed by atoms with Gasteiger partial charge in [-0.15, -0.1) is 0 Å². The predicted molar refractivity (Wildman–Crippen MR) is 132 cm³/mol. The van der Waals surface area contributed by atoms with Crippen molar-refractivity contribution >= 4 is 28.9 Å². The van der Waals surface area contributed by atoms with E-state index in [9.17, 15) is 9.59 Å². The van der Waals surface area contributed by atoms with Crippen molar-refractivity contribution in [2.45, 2.75) is 46.6 Å². The van der Waals surface area contributed by atoms with Crippen molar-refractivity contribution in [3.8, 4) is 5.75 Å². The van der Waals surface area contributed by atoms with Gasteiger partial charge in [0.2, 0.25) is 11.9 Å². The van der Waals surface area contributed by atoms with Gasteiger partial charge in [-0.1, -0.05) is 45.0 Å². The quantitative estimate of drug-likeness (QED) is 0.330. The first kappa shape index (κ1) is 23.8. The second-order valence-corrected chi connectivity index (χ2v) is 9.03. The standard InChI is InChI=1S/C27H33N3O4/c1-5-17-34-20-13-11-19(12-14-20)24-23(26(32)33-6-2)25(31)29(16-15-18(3)4)27-28-21-9-7-8-10-22(21)30(24)27/h7-14,18,23-24H,5-6,15-17H2,1-4H3/t23-,24-/m0/s1. The highest BCUT2D eigenvalue weighted by molar-refractivity contribution is 6.08. The average Bonchev–Trinajstić information content (AvgIpc) is 3.21. The van der Waals surface area contributed by atoms with Crippen molar-refractivity contribution in [1.82, 2.24) is 9.55 Å². The zero-order valence-corrected chi connectivity index (χ0v) is 20.4. The number of amides is 1. The molecule has 3 aromatic rings. The van der Waals surface area contributed by atoms with Crippen LogP contribution in [0.25, 0.3) is 11.0 Å². The summed E-state index contributed by atoms with van der Waals surface area (Å²) in [4.78, 5) is 33.5. The van der Waals surface area contributed by atoms with Gasteiger partial charge in [0.25, 0.3) is 0 Å². The lowest BCUT2D eigenvalue weighted by Crippen LogP contribution is -2.50. The zero-order chi connectivity index (χ0) is 24.2. The molecular formula is C27H33N3O4. The SMILES string of the molecule is CCCOc1ccc([C@H]2[C@H](C(=O)OCC)C(=O)N(CCC(C)C)c3nc4ccccc4n32)cc1. The maximum absolute atomic E-state index is 13.8. The number of para-hydroxylation sites is 2. The fraction of sp³-hybridized carbons (Fsp3) is 0.444. The van der Waals surface area contributed by atoms with Crippen LogP contribution in [0.3, 0.4) is 0 Å². The first-order chi connectivity index (χ1) is 16.5. The molecular weight excluding hydrogens is 430 g/mol. The van der Waals surface area contributed by atoms with Crippen LogP contribution in [-0.2, 0) is 14.3 Å². The molecule has 1 aromatic heterocycles. The van der Waals surface area contributed by atoms with Gasteiger partial charge in [0.05, 0.1) is 30.3 Å². The summed E-state index contributed by atoms with van der Waals surface area (Å²) in [6.07, 6.45) is 1.72. The predicted octanol–water partition coefficient (Wildman–Crippen LogP) is 4.99. The van der Waals surface area contributed by atoms with E-state index in [1.165, 1.54) is 0 Å². The van der Waals surface area contributed by atoms with Crippen molar-refractivity contribution in [3.63, 3.8) is 0 Å². The first-order valence-electron chi connectivity index (χ1n) is 12.1. The van der Waals surface area contributed by atoms with Gasteiger partial charge >= 0.3 is 5.97 Å². The van der Waals surface area contributed by atoms with E-state index in [-0.39, 0.29) is 12.5 Å².